The highest BCUT2D eigenvalue weighted by molar-refractivity contribution is 8.00. The van der Waals surface area contributed by atoms with Gasteiger partial charge in [0.15, 0.2) is 0 Å². The third-order valence-electron chi connectivity index (χ3n) is 8.50. The Labute approximate surface area is 284 Å². The lowest BCUT2D eigenvalue weighted by Gasteiger charge is -2.31. The van der Waals surface area contributed by atoms with Crippen molar-refractivity contribution in [2.75, 3.05) is 34.8 Å². The van der Waals surface area contributed by atoms with Gasteiger partial charge in [0.1, 0.15) is 17.6 Å². The van der Waals surface area contributed by atoms with Gasteiger partial charge in [0.25, 0.3) is 0 Å². The predicted molar refractivity (Wildman–Crippen MR) is 183 cm³/mol. The third-order valence-corrected chi connectivity index (χ3v) is 11.1. The normalized spacial score (nSPS) is 18.3. The van der Waals surface area contributed by atoms with Crippen molar-refractivity contribution in [2.45, 2.75) is 43.5 Å². The summed E-state index contributed by atoms with van der Waals surface area (Å²) in [5.41, 5.74) is 2.77. The zero-order chi connectivity index (χ0) is 34.1. The first-order valence-electron chi connectivity index (χ1n) is 15.6. The molecule has 4 aromatic rings. The number of carbonyl (C=O) groups excluding carboxylic acids is 4. The van der Waals surface area contributed by atoms with Crippen LogP contribution in [0.3, 0.4) is 0 Å². The number of fused-ring (bicyclic) bond motifs is 2. The lowest BCUT2D eigenvalue weighted by atomic mass is 9.83. The molecule has 0 spiro atoms. The van der Waals surface area contributed by atoms with E-state index in [0.29, 0.717) is 26.8 Å². The first-order valence-corrected chi connectivity index (χ1v) is 17.3. The number of hydrogen-bond donors (Lipinski definition) is 1. The molecule has 248 valence electrons. The zero-order valence-electron chi connectivity index (χ0n) is 26.5. The molecule has 0 radical (unpaired) electrons. The van der Waals surface area contributed by atoms with E-state index in [1.54, 1.807) is 19.1 Å². The van der Waals surface area contributed by atoms with Gasteiger partial charge in [-0.1, -0.05) is 35.2 Å². The van der Waals surface area contributed by atoms with Crippen molar-refractivity contribution in [1.29, 1.82) is 0 Å². The molecule has 2 unspecified atom stereocenters. The summed E-state index contributed by atoms with van der Waals surface area (Å²) in [6.07, 6.45) is 0. The van der Waals surface area contributed by atoms with E-state index in [0.717, 1.165) is 52.3 Å². The van der Waals surface area contributed by atoms with Gasteiger partial charge in [0.05, 0.1) is 28.8 Å². The standard InChI is InChI=1S/C35H33FN4O6S2/c1-4-38(5-2)24-15-7-20(8-16-24)27-28-29(32(43)40(31(28)42)25-17-9-21(10-18-25)34(44)46-6-3)47-33-30(27)48-35(45)39(33)19-26(41)37-23-13-11-22(36)12-14-23/h7-18,27-29H,4-6,19H2,1-3H3,(H,37,41)/t27-,28?,29?/m1/s1. The van der Waals surface area contributed by atoms with Crippen molar-refractivity contribution in [3.8, 4) is 0 Å². The van der Waals surface area contributed by atoms with Crippen molar-refractivity contribution < 1.29 is 28.3 Å². The van der Waals surface area contributed by atoms with Crippen molar-refractivity contribution in [3.63, 3.8) is 0 Å². The molecule has 1 saturated heterocycles. The maximum atomic E-state index is 14.3. The van der Waals surface area contributed by atoms with Crippen molar-refractivity contribution >= 4 is 63.9 Å². The minimum Gasteiger partial charge on any atom is -0.462 e. The molecule has 3 heterocycles. The van der Waals surface area contributed by atoms with Crippen LogP contribution in [0, 0.1) is 11.7 Å². The second-order valence-corrected chi connectivity index (χ2v) is 13.4. The number of nitrogens with zero attached hydrogens (tertiary/aromatic N) is 3. The van der Waals surface area contributed by atoms with Gasteiger partial charge in [-0.25, -0.2) is 14.1 Å². The van der Waals surface area contributed by atoms with Gasteiger partial charge in [-0.2, -0.15) is 0 Å². The molecule has 1 aromatic heterocycles. The van der Waals surface area contributed by atoms with Crippen LogP contribution in [0.2, 0.25) is 0 Å². The molecular formula is C35H33FN4O6S2. The van der Waals surface area contributed by atoms with E-state index in [2.05, 4.69) is 24.1 Å². The van der Waals surface area contributed by atoms with E-state index >= 15 is 0 Å². The number of nitrogens with one attached hydrogen (secondary N) is 1. The van der Waals surface area contributed by atoms with Gasteiger partial charge in [0, 0.05) is 35.3 Å². The Kier molecular flexibility index (Phi) is 9.51. The van der Waals surface area contributed by atoms with E-state index in [9.17, 15) is 28.4 Å². The van der Waals surface area contributed by atoms with E-state index < -0.39 is 51.5 Å². The van der Waals surface area contributed by atoms with Gasteiger partial charge in [-0.3, -0.25) is 23.7 Å². The monoisotopic (exact) mass is 688 g/mol. The lowest BCUT2D eigenvalue weighted by Crippen LogP contribution is -2.33. The topological polar surface area (TPSA) is 118 Å². The number of halogens is 1. The van der Waals surface area contributed by atoms with Crippen molar-refractivity contribution in [3.05, 3.63) is 104 Å². The summed E-state index contributed by atoms with van der Waals surface area (Å²) in [5, 5.41) is 2.27. The molecule has 10 nitrogen and oxygen atoms in total. The number of hydrogen-bond acceptors (Lipinski definition) is 9. The molecule has 1 fully saturated rings. The van der Waals surface area contributed by atoms with Crippen molar-refractivity contribution in [1.82, 2.24) is 4.57 Å². The summed E-state index contributed by atoms with van der Waals surface area (Å²) in [4.78, 5) is 70.6. The molecular weight excluding hydrogens is 656 g/mol. The minimum atomic E-state index is -0.873. The highest BCUT2D eigenvalue weighted by Crippen LogP contribution is 2.54. The molecule has 13 heteroatoms. The SMILES string of the molecule is CCOC(=O)c1ccc(N2C(=O)C3Sc4c(sc(=O)n4CC(=O)Nc4ccc(F)cc4)[C@H](c4ccc(N(CC)CC)cc4)C3C2=O)cc1. The Hall–Kier alpha value is -4.75. The lowest BCUT2D eigenvalue weighted by molar-refractivity contribution is -0.122. The second-order valence-electron chi connectivity index (χ2n) is 11.3. The average molecular weight is 689 g/mol. The van der Waals surface area contributed by atoms with Gasteiger partial charge >= 0.3 is 10.8 Å². The fraction of sp³-hybridized carbons (Fsp3) is 0.286. The summed E-state index contributed by atoms with van der Waals surface area (Å²) in [5.74, 6) is -3.76. The Balaban J connectivity index is 1.38. The molecule has 2 aliphatic heterocycles. The quantitative estimate of drug-likeness (QED) is 0.171. The number of amides is 3. The highest BCUT2D eigenvalue weighted by Gasteiger charge is 2.56. The maximum absolute atomic E-state index is 14.3. The van der Waals surface area contributed by atoms with Crippen molar-refractivity contribution in [2.24, 2.45) is 5.92 Å². The number of rotatable bonds is 10. The molecule has 3 aromatic carbocycles. The Morgan fingerprint density at radius 1 is 0.896 bits per heavy atom. The van der Waals surface area contributed by atoms with Crippen LogP contribution in [-0.2, 0) is 25.7 Å². The molecule has 1 N–H and O–H groups in total. The number of benzene rings is 3. The number of imide groups is 1. The number of esters is 1. The number of carbonyl (C=O) groups is 4. The van der Waals surface area contributed by atoms with Crippen LogP contribution >= 0.6 is 23.1 Å². The number of thiazole rings is 1. The minimum absolute atomic E-state index is 0.213. The molecule has 6 rings (SSSR count). The summed E-state index contributed by atoms with van der Waals surface area (Å²) in [7, 11) is 0. The fourth-order valence-corrected chi connectivity index (χ4v) is 8.96. The van der Waals surface area contributed by atoms with E-state index in [1.807, 2.05) is 24.3 Å². The zero-order valence-corrected chi connectivity index (χ0v) is 28.1. The van der Waals surface area contributed by atoms with Gasteiger partial charge < -0.3 is 15.0 Å². The van der Waals surface area contributed by atoms with Crippen LogP contribution in [0.4, 0.5) is 21.5 Å². The van der Waals surface area contributed by atoms with Crippen LogP contribution in [0.1, 0.15) is 47.5 Å². The molecule has 0 aliphatic carbocycles. The molecule has 0 saturated carbocycles. The van der Waals surface area contributed by atoms with Gasteiger partial charge in [-0.15, -0.1) is 0 Å². The summed E-state index contributed by atoms with van der Waals surface area (Å²) in [6.45, 7) is 7.34. The number of aromatic nitrogens is 1. The van der Waals surface area contributed by atoms with Crippen LogP contribution in [0.15, 0.2) is 82.6 Å². The third kappa shape index (κ3) is 6.15. The number of thioether (sulfide) groups is 1. The highest BCUT2D eigenvalue weighted by atomic mass is 32.2. The van der Waals surface area contributed by atoms with Gasteiger partial charge in [0.2, 0.25) is 17.7 Å². The average Bonchev–Trinajstić information content (AvgIpc) is 3.53. The van der Waals surface area contributed by atoms with Gasteiger partial charge in [-0.05, 0) is 87.0 Å². The smallest absolute Gasteiger partial charge is 0.338 e. The maximum Gasteiger partial charge on any atom is 0.338 e. The Morgan fingerprint density at radius 3 is 2.19 bits per heavy atom. The Morgan fingerprint density at radius 2 is 1.56 bits per heavy atom. The molecule has 2 aliphatic rings. The predicted octanol–water partition coefficient (Wildman–Crippen LogP) is 5.51. The summed E-state index contributed by atoms with van der Waals surface area (Å²) in [6, 6.07) is 19.2. The largest absolute Gasteiger partial charge is 0.462 e. The number of anilines is 3. The molecule has 3 atom stereocenters. The Bertz CT molecular complexity index is 1920. The van der Waals surface area contributed by atoms with Crippen LogP contribution < -0.4 is 20.0 Å². The molecule has 0 bridgehead atoms. The van der Waals surface area contributed by atoms with Crippen LogP contribution in [-0.4, -0.2) is 53.2 Å². The van der Waals surface area contributed by atoms with Crippen LogP contribution in [0.25, 0.3) is 0 Å². The van der Waals surface area contributed by atoms with E-state index in [4.69, 9.17) is 4.74 Å². The molecule has 48 heavy (non-hydrogen) atoms. The second kappa shape index (κ2) is 13.8. The van der Waals surface area contributed by atoms with E-state index in [1.165, 1.54) is 41.0 Å². The summed E-state index contributed by atoms with van der Waals surface area (Å²) >= 11 is 2.07. The number of ether oxygens (including phenoxy) is 1. The first-order chi connectivity index (χ1) is 23.1. The first kappa shape index (κ1) is 33.2. The fourth-order valence-electron chi connectivity index (χ4n) is 6.19. The van der Waals surface area contributed by atoms with Crippen LogP contribution in [0.5, 0.6) is 0 Å². The molecule has 3 amide bonds. The summed E-state index contributed by atoms with van der Waals surface area (Å²) < 4.78 is 19.8. The van der Waals surface area contributed by atoms with E-state index in [-0.39, 0.29) is 13.2 Å².